The molecule has 5 heteroatoms. The first-order valence-corrected chi connectivity index (χ1v) is 12.2. The summed E-state index contributed by atoms with van der Waals surface area (Å²) in [5.41, 5.74) is 2.51. The van der Waals surface area contributed by atoms with E-state index in [9.17, 15) is 4.79 Å². The molecule has 4 nitrogen and oxygen atoms in total. The molecule has 0 unspecified atom stereocenters. The van der Waals surface area contributed by atoms with Crippen molar-refractivity contribution in [1.82, 2.24) is 4.98 Å². The van der Waals surface area contributed by atoms with E-state index < -0.39 is 0 Å². The highest BCUT2D eigenvalue weighted by atomic mass is 32.1. The molecule has 0 aromatic carbocycles. The summed E-state index contributed by atoms with van der Waals surface area (Å²) in [6, 6.07) is 10.4. The monoisotopic (exact) mass is 427 g/mol. The molecule has 0 bridgehead atoms. The van der Waals surface area contributed by atoms with Crippen molar-refractivity contribution in [3.8, 4) is 17.2 Å². The largest absolute Gasteiger partial charge is 0.450 e. The van der Waals surface area contributed by atoms with Crippen molar-refractivity contribution in [2.75, 3.05) is 6.61 Å². The molecule has 0 fully saturated rings. The zero-order valence-corrected chi connectivity index (χ0v) is 19.1. The van der Waals surface area contributed by atoms with E-state index in [1.54, 1.807) is 11.3 Å². The highest BCUT2D eigenvalue weighted by molar-refractivity contribution is 7.18. The first-order chi connectivity index (χ1) is 14.7. The maximum Gasteiger partial charge on any atom is 0.397 e. The average Bonchev–Trinajstić information content (AvgIpc) is 3.15. The molecule has 0 saturated heterocycles. The quantitative estimate of drug-likeness (QED) is 0.221. The van der Waals surface area contributed by atoms with E-state index in [0.29, 0.717) is 12.0 Å². The summed E-state index contributed by atoms with van der Waals surface area (Å²) < 4.78 is 10.4. The van der Waals surface area contributed by atoms with Gasteiger partial charge < -0.3 is 9.15 Å². The molecule has 0 saturated carbocycles. The van der Waals surface area contributed by atoms with Gasteiger partial charge in [-0.15, -0.1) is 11.3 Å². The molecule has 162 valence electrons. The Morgan fingerprint density at radius 1 is 0.900 bits per heavy atom. The Bertz CT molecular complexity index is 938. The highest BCUT2D eigenvalue weighted by Crippen LogP contribution is 2.29. The van der Waals surface area contributed by atoms with Gasteiger partial charge in [0.05, 0.1) is 12.0 Å². The van der Waals surface area contributed by atoms with Gasteiger partial charge in [-0.25, -0.2) is 4.79 Å². The van der Waals surface area contributed by atoms with E-state index in [1.807, 2.05) is 13.0 Å². The summed E-state index contributed by atoms with van der Waals surface area (Å²) in [7, 11) is 0. The Labute approximate surface area is 183 Å². The lowest BCUT2D eigenvalue weighted by Crippen LogP contribution is -2.04. The number of unbranched alkanes of at least 4 members (excludes halogenated alkanes) is 7. The SMILES string of the molecule is CCCCCCCCCCc1cc2c(=O)oc(OCCC)nc2s1.c1cc2ccc1-2. The van der Waals surface area contributed by atoms with Crippen molar-refractivity contribution >= 4 is 21.6 Å². The number of aryl methyl sites for hydroxylation is 1. The lowest BCUT2D eigenvalue weighted by Gasteiger charge is -2.10. The second kappa shape index (κ2) is 11.9. The van der Waals surface area contributed by atoms with Crippen LogP contribution in [0.15, 0.2) is 39.5 Å². The van der Waals surface area contributed by atoms with Crippen molar-refractivity contribution in [3.63, 3.8) is 0 Å². The van der Waals surface area contributed by atoms with Crippen LogP contribution in [0.3, 0.4) is 0 Å². The average molecular weight is 428 g/mol. The minimum atomic E-state index is -0.343. The molecule has 2 heterocycles. The Kier molecular flexibility index (Phi) is 8.94. The highest BCUT2D eigenvalue weighted by Gasteiger charge is 2.11. The van der Waals surface area contributed by atoms with Crippen LogP contribution in [0, 0.1) is 0 Å². The van der Waals surface area contributed by atoms with Crippen LogP contribution in [0.25, 0.3) is 21.3 Å². The van der Waals surface area contributed by atoms with E-state index in [0.717, 1.165) is 17.7 Å². The van der Waals surface area contributed by atoms with Crippen LogP contribution in [-0.4, -0.2) is 11.6 Å². The molecule has 2 aliphatic carbocycles. The Morgan fingerprint density at radius 2 is 1.53 bits per heavy atom. The molecule has 0 spiro atoms. The number of thiophene rings is 1. The van der Waals surface area contributed by atoms with Gasteiger partial charge in [0.1, 0.15) is 4.83 Å². The number of nitrogens with zero attached hydrogens (tertiary/aromatic N) is 1. The standard InChI is InChI=1S/C19H29NO3S.C6H4/c1-3-5-6-7-8-9-10-11-12-15-14-16-17(24-15)20-19(22-13-4-2)23-18(16)21;1-2-6-4-3-5(1)6/h14H,3-13H2,1-2H3;1-4H. The lowest BCUT2D eigenvalue weighted by atomic mass is 9.95. The fraction of sp³-hybridized carbons (Fsp3) is 0.520. The Morgan fingerprint density at radius 3 is 2.10 bits per heavy atom. The van der Waals surface area contributed by atoms with Gasteiger partial charge in [0.2, 0.25) is 0 Å². The molecule has 0 radical (unpaired) electrons. The minimum Gasteiger partial charge on any atom is -0.450 e. The summed E-state index contributed by atoms with van der Waals surface area (Å²) in [4.78, 5) is 18.2. The van der Waals surface area contributed by atoms with E-state index in [4.69, 9.17) is 9.15 Å². The third-order valence-electron chi connectivity index (χ3n) is 5.28. The maximum absolute atomic E-state index is 12.0. The minimum absolute atomic E-state index is 0.0924. The molecule has 0 amide bonds. The maximum atomic E-state index is 12.0. The van der Waals surface area contributed by atoms with Crippen LogP contribution in [0.1, 0.15) is 76.5 Å². The number of hydrogen-bond donors (Lipinski definition) is 0. The molecule has 0 atom stereocenters. The number of aromatic nitrogens is 1. The van der Waals surface area contributed by atoms with Crippen LogP contribution in [-0.2, 0) is 6.42 Å². The summed E-state index contributed by atoms with van der Waals surface area (Å²) in [5, 5.41) is 0.582. The topological polar surface area (TPSA) is 52.3 Å². The number of hydrogen-bond acceptors (Lipinski definition) is 5. The summed E-state index contributed by atoms with van der Waals surface area (Å²) in [6.45, 7) is 4.76. The molecule has 2 aromatic rings. The van der Waals surface area contributed by atoms with Gasteiger partial charge in [-0.05, 0) is 36.5 Å². The summed E-state index contributed by atoms with van der Waals surface area (Å²) >= 11 is 1.58. The molecular weight excluding hydrogens is 394 g/mol. The summed E-state index contributed by atoms with van der Waals surface area (Å²) in [5.74, 6) is 0. The molecule has 0 N–H and O–H groups in total. The molecule has 2 aromatic heterocycles. The zero-order valence-electron chi connectivity index (χ0n) is 18.2. The summed E-state index contributed by atoms with van der Waals surface area (Å²) in [6.07, 6.45) is 12.4. The van der Waals surface area contributed by atoms with Gasteiger partial charge in [-0.1, -0.05) is 83.1 Å². The van der Waals surface area contributed by atoms with Crippen molar-refractivity contribution in [3.05, 3.63) is 45.6 Å². The van der Waals surface area contributed by atoms with E-state index in [-0.39, 0.29) is 11.7 Å². The first-order valence-electron chi connectivity index (χ1n) is 11.4. The van der Waals surface area contributed by atoms with Crippen LogP contribution >= 0.6 is 11.3 Å². The van der Waals surface area contributed by atoms with Gasteiger partial charge in [0.25, 0.3) is 0 Å². The smallest absolute Gasteiger partial charge is 0.397 e. The van der Waals surface area contributed by atoms with Crippen molar-refractivity contribution < 1.29 is 9.15 Å². The Hall–Kier alpha value is -2.14. The predicted octanol–water partition coefficient (Wildman–Crippen LogP) is 7.39. The van der Waals surface area contributed by atoms with Crippen LogP contribution in [0.5, 0.6) is 6.08 Å². The third-order valence-corrected chi connectivity index (χ3v) is 6.37. The Balaban J connectivity index is 0.000000357. The molecule has 4 rings (SSSR count). The van der Waals surface area contributed by atoms with E-state index in [1.165, 1.54) is 67.4 Å². The van der Waals surface area contributed by atoms with E-state index >= 15 is 0 Å². The zero-order chi connectivity index (χ0) is 21.2. The molecule has 2 aliphatic rings. The second-order valence-corrected chi connectivity index (χ2v) is 8.96. The van der Waals surface area contributed by atoms with E-state index in [2.05, 4.69) is 36.2 Å². The van der Waals surface area contributed by atoms with Gasteiger partial charge in [0, 0.05) is 4.88 Å². The van der Waals surface area contributed by atoms with Gasteiger partial charge in [-0.3, -0.25) is 0 Å². The van der Waals surface area contributed by atoms with Gasteiger partial charge in [-0.2, -0.15) is 4.98 Å². The third kappa shape index (κ3) is 6.43. The molecule has 0 aliphatic heterocycles. The predicted molar refractivity (Wildman–Crippen MR) is 126 cm³/mol. The molecular formula is C25H33NO3S. The normalized spacial score (nSPS) is 11.3. The fourth-order valence-corrected chi connectivity index (χ4v) is 4.41. The van der Waals surface area contributed by atoms with Crippen LogP contribution in [0.4, 0.5) is 0 Å². The number of benzene rings is 1. The van der Waals surface area contributed by atoms with Crippen LogP contribution < -0.4 is 10.4 Å². The van der Waals surface area contributed by atoms with Crippen LogP contribution in [0.2, 0.25) is 0 Å². The number of rotatable bonds is 12. The fourth-order valence-electron chi connectivity index (χ4n) is 3.37. The van der Waals surface area contributed by atoms with Gasteiger partial charge >= 0.3 is 11.7 Å². The number of fused-ring (bicyclic) bond motifs is 2. The van der Waals surface area contributed by atoms with Crippen molar-refractivity contribution in [2.45, 2.75) is 78.1 Å². The lowest BCUT2D eigenvalue weighted by molar-refractivity contribution is 0.217. The second-order valence-electron chi connectivity index (χ2n) is 7.85. The number of ether oxygens (including phenoxy) is 1. The van der Waals surface area contributed by atoms with Gasteiger partial charge in [0.15, 0.2) is 0 Å². The molecule has 30 heavy (non-hydrogen) atoms. The van der Waals surface area contributed by atoms with Crippen molar-refractivity contribution in [2.24, 2.45) is 0 Å². The van der Waals surface area contributed by atoms with Crippen molar-refractivity contribution in [1.29, 1.82) is 0 Å². The first kappa shape index (κ1) is 22.5.